The van der Waals surface area contributed by atoms with Gasteiger partial charge in [0.1, 0.15) is 5.82 Å². The maximum atomic E-state index is 10.9. The number of carbonyl (C=O) groups is 1. The maximum absolute atomic E-state index is 10.9. The summed E-state index contributed by atoms with van der Waals surface area (Å²) in [5.41, 5.74) is 0. The molecule has 3 N–H and O–H groups in total. The van der Waals surface area contributed by atoms with Crippen molar-refractivity contribution >= 4 is 6.03 Å². The van der Waals surface area contributed by atoms with E-state index in [1.165, 1.54) is 0 Å². The fraction of sp³-hybridized carbons (Fsp3) is 0.429. The lowest BCUT2D eigenvalue weighted by Crippen LogP contribution is -2.34. The molecule has 0 aromatic carbocycles. The van der Waals surface area contributed by atoms with Crippen molar-refractivity contribution in [3.05, 3.63) is 18.2 Å². The molecule has 0 aliphatic heterocycles. The van der Waals surface area contributed by atoms with Crippen molar-refractivity contribution in [1.82, 2.24) is 20.6 Å². The second-order valence-electron chi connectivity index (χ2n) is 2.42. The quantitative estimate of drug-likeness (QED) is 0.598. The van der Waals surface area contributed by atoms with Crippen LogP contribution in [0.15, 0.2) is 12.4 Å². The summed E-state index contributed by atoms with van der Waals surface area (Å²) in [5, 5.41) is 5.15. The third-order valence-electron chi connectivity index (χ3n) is 1.50. The Hall–Kier alpha value is -1.52. The summed E-state index contributed by atoms with van der Waals surface area (Å²) in [6.07, 6.45) is 3.37. The Kier molecular flexibility index (Phi) is 2.68. The molecule has 1 aromatic heterocycles. The number of aromatic amines is 1. The first-order valence-corrected chi connectivity index (χ1v) is 3.71. The molecule has 0 saturated heterocycles. The third-order valence-corrected chi connectivity index (χ3v) is 1.50. The van der Waals surface area contributed by atoms with Crippen molar-refractivity contribution in [2.75, 3.05) is 7.05 Å². The highest BCUT2D eigenvalue weighted by Crippen LogP contribution is 2.03. The Morgan fingerprint density at radius 1 is 1.75 bits per heavy atom. The number of imidazole rings is 1. The zero-order chi connectivity index (χ0) is 8.97. The summed E-state index contributed by atoms with van der Waals surface area (Å²) in [6.45, 7) is 1.86. The summed E-state index contributed by atoms with van der Waals surface area (Å²) in [7, 11) is 1.57. The number of nitrogens with one attached hydrogen (secondary N) is 3. The molecular weight excluding hydrogens is 156 g/mol. The summed E-state index contributed by atoms with van der Waals surface area (Å²) < 4.78 is 0. The van der Waals surface area contributed by atoms with Crippen LogP contribution >= 0.6 is 0 Å². The number of nitrogens with zero attached hydrogens (tertiary/aromatic N) is 1. The van der Waals surface area contributed by atoms with Crippen LogP contribution in [0.2, 0.25) is 0 Å². The monoisotopic (exact) mass is 168 g/mol. The van der Waals surface area contributed by atoms with Crippen LogP contribution in [0.3, 0.4) is 0 Å². The molecule has 0 aliphatic rings. The number of aromatic nitrogens is 2. The van der Waals surface area contributed by atoms with Crippen LogP contribution in [0.1, 0.15) is 18.8 Å². The second-order valence-corrected chi connectivity index (χ2v) is 2.42. The van der Waals surface area contributed by atoms with E-state index in [0.717, 1.165) is 5.82 Å². The van der Waals surface area contributed by atoms with Crippen LogP contribution in [0.4, 0.5) is 4.79 Å². The normalized spacial score (nSPS) is 12.2. The predicted molar refractivity (Wildman–Crippen MR) is 44.6 cm³/mol. The minimum atomic E-state index is -0.209. The first-order chi connectivity index (χ1) is 5.74. The smallest absolute Gasteiger partial charge is 0.315 e. The van der Waals surface area contributed by atoms with Gasteiger partial charge in [-0.25, -0.2) is 9.78 Å². The first kappa shape index (κ1) is 8.58. The van der Waals surface area contributed by atoms with Crippen molar-refractivity contribution in [2.24, 2.45) is 0 Å². The average molecular weight is 168 g/mol. The van der Waals surface area contributed by atoms with E-state index in [2.05, 4.69) is 20.6 Å². The Balaban J connectivity index is 2.49. The minimum Gasteiger partial charge on any atom is -0.347 e. The van der Waals surface area contributed by atoms with E-state index in [1.54, 1.807) is 19.4 Å². The molecule has 0 spiro atoms. The fourth-order valence-corrected chi connectivity index (χ4v) is 0.851. The summed E-state index contributed by atoms with van der Waals surface area (Å²) in [4.78, 5) is 17.8. The van der Waals surface area contributed by atoms with Gasteiger partial charge in [0, 0.05) is 19.4 Å². The van der Waals surface area contributed by atoms with Gasteiger partial charge in [0.05, 0.1) is 6.04 Å². The van der Waals surface area contributed by atoms with Gasteiger partial charge in [0.2, 0.25) is 0 Å². The lowest BCUT2D eigenvalue weighted by Gasteiger charge is -2.09. The number of hydrogen-bond donors (Lipinski definition) is 3. The molecular formula is C7H12N4O. The predicted octanol–water partition coefficient (Wildman–Crippen LogP) is 0.400. The molecule has 1 aromatic rings. The summed E-state index contributed by atoms with van der Waals surface area (Å²) in [6, 6.07) is -0.307. The second kappa shape index (κ2) is 3.75. The van der Waals surface area contributed by atoms with Crippen molar-refractivity contribution in [3.63, 3.8) is 0 Å². The zero-order valence-corrected chi connectivity index (χ0v) is 7.09. The van der Waals surface area contributed by atoms with E-state index in [4.69, 9.17) is 0 Å². The molecule has 5 heteroatoms. The average Bonchev–Trinajstić information content (AvgIpc) is 2.56. The van der Waals surface area contributed by atoms with E-state index in [0.29, 0.717) is 0 Å². The molecule has 0 radical (unpaired) electrons. The number of carbonyl (C=O) groups excluding carboxylic acids is 1. The van der Waals surface area contributed by atoms with Gasteiger partial charge in [-0.1, -0.05) is 0 Å². The Morgan fingerprint density at radius 3 is 3.00 bits per heavy atom. The van der Waals surface area contributed by atoms with E-state index < -0.39 is 0 Å². The molecule has 2 amide bonds. The number of rotatable bonds is 2. The number of H-pyrrole nitrogens is 1. The van der Waals surface area contributed by atoms with Crippen LogP contribution in [0.25, 0.3) is 0 Å². The highest BCUT2D eigenvalue weighted by atomic mass is 16.2. The van der Waals surface area contributed by atoms with Gasteiger partial charge >= 0.3 is 6.03 Å². The van der Waals surface area contributed by atoms with Gasteiger partial charge in [0.15, 0.2) is 0 Å². The van der Waals surface area contributed by atoms with Crippen LogP contribution < -0.4 is 10.6 Å². The SMILES string of the molecule is CNC(=O)NC(C)c1ncc[nH]1. The highest BCUT2D eigenvalue weighted by Gasteiger charge is 2.08. The van der Waals surface area contributed by atoms with Gasteiger partial charge in [-0.05, 0) is 6.92 Å². The van der Waals surface area contributed by atoms with E-state index in [1.807, 2.05) is 6.92 Å². The lowest BCUT2D eigenvalue weighted by molar-refractivity contribution is 0.239. The number of amides is 2. The van der Waals surface area contributed by atoms with Gasteiger partial charge in [0.25, 0.3) is 0 Å². The lowest BCUT2D eigenvalue weighted by atomic mass is 10.3. The molecule has 1 unspecified atom stereocenters. The zero-order valence-electron chi connectivity index (χ0n) is 7.09. The molecule has 1 atom stereocenters. The van der Waals surface area contributed by atoms with Crippen LogP contribution in [0, 0.1) is 0 Å². The Morgan fingerprint density at radius 2 is 2.50 bits per heavy atom. The largest absolute Gasteiger partial charge is 0.347 e. The number of hydrogen-bond acceptors (Lipinski definition) is 2. The fourth-order valence-electron chi connectivity index (χ4n) is 0.851. The highest BCUT2D eigenvalue weighted by molar-refractivity contribution is 5.73. The van der Waals surface area contributed by atoms with Crippen LogP contribution in [-0.2, 0) is 0 Å². The van der Waals surface area contributed by atoms with E-state index in [-0.39, 0.29) is 12.1 Å². The van der Waals surface area contributed by atoms with Gasteiger partial charge in [-0.15, -0.1) is 0 Å². The summed E-state index contributed by atoms with van der Waals surface area (Å²) in [5.74, 6) is 0.749. The van der Waals surface area contributed by atoms with E-state index >= 15 is 0 Å². The summed E-state index contributed by atoms with van der Waals surface area (Å²) >= 11 is 0. The molecule has 0 fully saturated rings. The van der Waals surface area contributed by atoms with Crippen molar-refractivity contribution < 1.29 is 4.79 Å². The molecule has 0 bridgehead atoms. The van der Waals surface area contributed by atoms with Gasteiger partial charge < -0.3 is 15.6 Å². The topological polar surface area (TPSA) is 69.8 Å². The van der Waals surface area contributed by atoms with Crippen molar-refractivity contribution in [1.29, 1.82) is 0 Å². The van der Waals surface area contributed by atoms with Crippen molar-refractivity contribution in [3.8, 4) is 0 Å². The molecule has 1 rings (SSSR count). The van der Waals surface area contributed by atoms with Crippen LogP contribution in [-0.4, -0.2) is 23.0 Å². The molecule has 0 aliphatic carbocycles. The third kappa shape index (κ3) is 1.98. The molecule has 1 heterocycles. The minimum absolute atomic E-state index is 0.0973. The van der Waals surface area contributed by atoms with Crippen LogP contribution in [0.5, 0.6) is 0 Å². The first-order valence-electron chi connectivity index (χ1n) is 3.71. The molecule has 5 nitrogen and oxygen atoms in total. The molecule has 12 heavy (non-hydrogen) atoms. The number of urea groups is 1. The van der Waals surface area contributed by atoms with E-state index in [9.17, 15) is 4.79 Å². The standard InChI is InChI=1S/C7H12N4O/c1-5(11-7(12)8-2)6-9-3-4-10-6/h3-5H,1-2H3,(H,9,10)(H2,8,11,12). The molecule has 0 saturated carbocycles. The molecule has 66 valence electrons. The maximum Gasteiger partial charge on any atom is 0.315 e. The van der Waals surface area contributed by atoms with Gasteiger partial charge in [-0.2, -0.15) is 0 Å². The Labute approximate surface area is 70.6 Å². The Bertz CT molecular complexity index is 244. The van der Waals surface area contributed by atoms with Gasteiger partial charge in [-0.3, -0.25) is 0 Å². The van der Waals surface area contributed by atoms with Crippen molar-refractivity contribution in [2.45, 2.75) is 13.0 Å².